The zero-order valence-electron chi connectivity index (χ0n) is 10.9. The van der Waals surface area contributed by atoms with Crippen LogP contribution in [0.25, 0.3) is 0 Å². The van der Waals surface area contributed by atoms with E-state index in [1.807, 2.05) is 0 Å². The molecule has 0 spiro atoms. The molecule has 7 heteroatoms. The number of piperidine rings is 1. The summed E-state index contributed by atoms with van der Waals surface area (Å²) in [6.45, 7) is 0.805. The van der Waals surface area contributed by atoms with Gasteiger partial charge in [-0.15, -0.1) is 0 Å². The van der Waals surface area contributed by atoms with Crippen LogP contribution in [-0.2, 0) is 4.79 Å². The molecule has 1 heterocycles. The van der Waals surface area contributed by atoms with Gasteiger partial charge in [0.2, 0.25) is 0 Å². The summed E-state index contributed by atoms with van der Waals surface area (Å²) >= 11 is 0. The molecule has 0 aliphatic carbocycles. The molecule has 1 aliphatic rings. The van der Waals surface area contributed by atoms with Gasteiger partial charge in [-0.3, -0.25) is 9.69 Å². The van der Waals surface area contributed by atoms with Crippen LogP contribution < -0.4 is 5.32 Å². The first-order valence-corrected chi connectivity index (χ1v) is 6.57. The van der Waals surface area contributed by atoms with Gasteiger partial charge in [0, 0.05) is 25.7 Å². The van der Waals surface area contributed by atoms with Crippen molar-refractivity contribution >= 4 is 5.97 Å². The maximum Gasteiger partial charge on any atom is 0.317 e. The van der Waals surface area contributed by atoms with Crippen LogP contribution in [0.2, 0.25) is 0 Å². The van der Waals surface area contributed by atoms with E-state index >= 15 is 0 Å². The molecule has 0 saturated carbocycles. The lowest BCUT2D eigenvalue weighted by molar-refractivity contribution is -0.138. The fourth-order valence-electron chi connectivity index (χ4n) is 2.62. The number of rotatable bonds is 8. The molecular weight excluding hydrogens is 258 g/mol. The average molecular weight is 280 g/mol. The zero-order chi connectivity index (χ0) is 14.3. The van der Waals surface area contributed by atoms with Gasteiger partial charge in [-0.1, -0.05) is 0 Å². The lowest BCUT2D eigenvalue weighted by Crippen LogP contribution is -2.51. The molecule has 2 unspecified atom stereocenters. The van der Waals surface area contributed by atoms with Crippen molar-refractivity contribution in [3.8, 4) is 0 Å². The minimum atomic E-state index is -2.40. The minimum absolute atomic E-state index is 0.0670. The molecule has 3 N–H and O–H groups in total. The molecule has 0 radical (unpaired) electrons. The molecule has 1 saturated heterocycles. The monoisotopic (exact) mass is 280 g/mol. The summed E-state index contributed by atoms with van der Waals surface area (Å²) < 4.78 is 24.4. The summed E-state index contributed by atoms with van der Waals surface area (Å²) in [7, 11) is 0. The third-order valence-electron chi connectivity index (χ3n) is 3.30. The molecule has 2 atom stereocenters. The molecule has 0 bridgehead atoms. The van der Waals surface area contributed by atoms with Crippen LogP contribution in [0.3, 0.4) is 0 Å². The summed E-state index contributed by atoms with van der Waals surface area (Å²) in [4.78, 5) is 12.5. The molecule has 19 heavy (non-hydrogen) atoms. The number of nitrogens with one attached hydrogen (secondary N) is 1. The highest BCUT2D eigenvalue weighted by atomic mass is 19.3. The van der Waals surface area contributed by atoms with Crippen LogP contribution in [0.1, 0.15) is 19.3 Å². The summed E-state index contributed by atoms with van der Waals surface area (Å²) in [6, 6.07) is -0.106. The van der Waals surface area contributed by atoms with Crippen LogP contribution in [0.15, 0.2) is 0 Å². The van der Waals surface area contributed by atoms with Crippen LogP contribution in [0.5, 0.6) is 0 Å². The summed E-state index contributed by atoms with van der Waals surface area (Å²) in [5.74, 6) is -0.661. The molecular formula is C12H22F2N2O3. The largest absolute Gasteiger partial charge is 0.480 e. The fraction of sp³-hybridized carbons (Fsp3) is 0.917. The van der Waals surface area contributed by atoms with Crippen molar-refractivity contribution in [1.82, 2.24) is 10.2 Å². The van der Waals surface area contributed by atoms with E-state index in [2.05, 4.69) is 5.32 Å². The average Bonchev–Trinajstić information content (AvgIpc) is 2.33. The van der Waals surface area contributed by atoms with Gasteiger partial charge in [0.25, 0.3) is 6.43 Å². The van der Waals surface area contributed by atoms with E-state index in [-0.39, 0.29) is 31.7 Å². The summed E-state index contributed by atoms with van der Waals surface area (Å²) in [5, 5.41) is 20.4. The maximum atomic E-state index is 12.2. The molecule has 0 amide bonds. The van der Waals surface area contributed by atoms with Crippen molar-refractivity contribution in [3.05, 3.63) is 0 Å². The van der Waals surface area contributed by atoms with E-state index in [0.717, 1.165) is 12.8 Å². The Labute approximate surface area is 111 Å². The van der Waals surface area contributed by atoms with Gasteiger partial charge in [-0.25, -0.2) is 8.78 Å². The Morgan fingerprint density at radius 3 is 2.74 bits per heavy atom. The predicted molar refractivity (Wildman–Crippen MR) is 66.3 cm³/mol. The third-order valence-corrected chi connectivity index (χ3v) is 3.30. The molecule has 0 aromatic rings. The number of aliphatic hydroxyl groups is 1. The van der Waals surface area contributed by atoms with Crippen LogP contribution >= 0.6 is 0 Å². The minimum Gasteiger partial charge on any atom is -0.480 e. The van der Waals surface area contributed by atoms with Crippen molar-refractivity contribution in [2.45, 2.75) is 31.7 Å². The van der Waals surface area contributed by atoms with E-state index in [9.17, 15) is 13.6 Å². The predicted octanol–water partition coefficient (Wildman–Crippen LogP) is 0.389. The number of carboxylic acid groups (broad SMARTS) is 1. The first-order chi connectivity index (χ1) is 9.01. The maximum absolute atomic E-state index is 12.2. The smallest absolute Gasteiger partial charge is 0.317 e. The Balaban J connectivity index is 2.47. The van der Waals surface area contributed by atoms with Gasteiger partial charge < -0.3 is 15.5 Å². The highest BCUT2D eigenvalue weighted by Crippen LogP contribution is 2.21. The zero-order valence-corrected chi connectivity index (χ0v) is 10.9. The Hall–Kier alpha value is -0.790. The number of likely N-dealkylation sites (tertiary alicyclic amines) is 1. The van der Waals surface area contributed by atoms with E-state index in [0.29, 0.717) is 19.5 Å². The Kier molecular flexibility index (Phi) is 7.19. The van der Waals surface area contributed by atoms with Crippen molar-refractivity contribution in [1.29, 1.82) is 0 Å². The van der Waals surface area contributed by atoms with Crippen molar-refractivity contribution < 1.29 is 23.8 Å². The Morgan fingerprint density at radius 2 is 2.16 bits per heavy atom. The second-order valence-electron chi connectivity index (χ2n) is 5.05. The second-order valence-corrected chi connectivity index (χ2v) is 5.05. The van der Waals surface area contributed by atoms with E-state index in [1.54, 1.807) is 4.90 Å². The normalized spacial score (nSPS) is 24.8. The van der Waals surface area contributed by atoms with Crippen LogP contribution in [0, 0.1) is 5.92 Å². The number of hydrogen-bond donors (Lipinski definition) is 3. The lowest BCUT2D eigenvalue weighted by atomic mass is 9.90. The number of hydrogen-bond acceptors (Lipinski definition) is 4. The molecule has 0 aromatic carbocycles. The molecule has 1 rings (SSSR count). The van der Waals surface area contributed by atoms with Gasteiger partial charge in [0.15, 0.2) is 0 Å². The molecule has 112 valence electrons. The number of halogens is 2. The van der Waals surface area contributed by atoms with Crippen molar-refractivity contribution in [2.75, 3.05) is 32.8 Å². The van der Waals surface area contributed by atoms with E-state index < -0.39 is 12.4 Å². The molecule has 1 fully saturated rings. The van der Waals surface area contributed by atoms with Crippen LogP contribution in [0.4, 0.5) is 8.78 Å². The summed E-state index contributed by atoms with van der Waals surface area (Å²) in [5.41, 5.74) is 0. The number of carboxylic acids is 1. The highest BCUT2D eigenvalue weighted by molar-refractivity contribution is 5.69. The second kappa shape index (κ2) is 8.39. The Morgan fingerprint density at radius 1 is 1.42 bits per heavy atom. The van der Waals surface area contributed by atoms with Gasteiger partial charge in [0.05, 0.1) is 13.1 Å². The van der Waals surface area contributed by atoms with E-state index in [4.69, 9.17) is 10.2 Å². The van der Waals surface area contributed by atoms with E-state index in [1.165, 1.54) is 0 Å². The fourth-order valence-corrected chi connectivity index (χ4v) is 2.62. The van der Waals surface area contributed by atoms with Gasteiger partial charge in [-0.2, -0.15) is 0 Å². The number of alkyl halides is 2. The molecule has 0 aromatic heterocycles. The molecule has 1 aliphatic heterocycles. The van der Waals surface area contributed by atoms with Crippen LogP contribution in [-0.4, -0.2) is 66.3 Å². The highest BCUT2D eigenvalue weighted by Gasteiger charge is 2.28. The third kappa shape index (κ3) is 6.79. The van der Waals surface area contributed by atoms with Gasteiger partial charge in [-0.05, 0) is 25.2 Å². The van der Waals surface area contributed by atoms with Crippen molar-refractivity contribution in [2.24, 2.45) is 5.92 Å². The Bertz CT molecular complexity index is 280. The van der Waals surface area contributed by atoms with Crippen molar-refractivity contribution in [3.63, 3.8) is 0 Å². The number of carbonyl (C=O) groups is 1. The summed E-state index contributed by atoms with van der Waals surface area (Å²) in [6.07, 6.45) is -0.194. The SMILES string of the molecule is O=C(O)CN1CC(CCCO)CC(NCC(F)F)C1. The first-order valence-electron chi connectivity index (χ1n) is 6.57. The quantitative estimate of drug-likeness (QED) is 0.600. The van der Waals surface area contributed by atoms with Gasteiger partial charge in [0.1, 0.15) is 0 Å². The lowest BCUT2D eigenvalue weighted by Gasteiger charge is -2.37. The number of nitrogens with zero attached hydrogens (tertiary/aromatic N) is 1. The number of aliphatic carboxylic acids is 1. The van der Waals surface area contributed by atoms with Gasteiger partial charge >= 0.3 is 5.97 Å². The topological polar surface area (TPSA) is 72.8 Å². The number of aliphatic hydroxyl groups excluding tert-OH is 1. The molecule has 5 nitrogen and oxygen atoms in total. The first kappa shape index (κ1) is 16.3. The standard InChI is InChI=1S/C12H22F2N2O3/c13-11(14)5-15-10-4-9(2-1-3-17)6-16(7-10)8-12(18)19/h9-11,15,17H,1-8H2,(H,18,19).